The molecule has 2 aliphatic carbocycles. The van der Waals surface area contributed by atoms with Crippen LogP contribution in [0.3, 0.4) is 0 Å². The first-order chi connectivity index (χ1) is 4.81. The Hall–Kier alpha value is -0.840. The number of fused-ring (bicyclic) bond motifs is 2. The third-order valence-electron chi connectivity index (χ3n) is 2.78. The summed E-state index contributed by atoms with van der Waals surface area (Å²) in [5.41, 5.74) is 0. The van der Waals surface area contributed by atoms with Crippen molar-refractivity contribution in [2.75, 3.05) is 0 Å². The summed E-state index contributed by atoms with van der Waals surface area (Å²) in [7, 11) is 0. The molecule has 2 fully saturated rings. The van der Waals surface area contributed by atoms with Crippen LogP contribution in [0.1, 0.15) is 19.3 Å². The number of ketones is 1. The number of nitriles is 1. The Bertz CT molecular complexity index is 216. The van der Waals surface area contributed by atoms with Crippen molar-refractivity contribution < 1.29 is 4.79 Å². The number of nitrogens with zero attached hydrogens (tertiary/aromatic N) is 1. The summed E-state index contributed by atoms with van der Waals surface area (Å²) >= 11 is 0. The van der Waals surface area contributed by atoms with Crippen LogP contribution in [0.2, 0.25) is 0 Å². The van der Waals surface area contributed by atoms with Gasteiger partial charge in [0.15, 0.2) is 0 Å². The quantitative estimate of drug-likeness (QED) is 0.499. The van der Waals surface area contributed by atoms with Gasteiger partial charge < -0.3 is 0 Å². The summed E-state index contributed by atoms with van der Waals surface area (Å²) in [4.78, 5) is 11.0. The van der Waals surface area contributed by atoms with Crippen LogP contribution in [-0.2, 0) is 4.79 Å². The maximum atomic E-state index is 11.0. The number of carbonyl (C=O) groups is 1. The van der Waals surface area contributed by atoms with Gasteiger partial charge >= 0.3 is 0 Å². The largest absolute Gasteiger partial charge is 0.299 e. The number of hydrogen-bond acceptors (Lipinski definition) is 2. The zero-order chi connectivity index (χ0) is 7.14. The lowest BCUT2D eigenvalue weighted by Gasteiger charge is -2.12. The average molecular weight is 135 g/mol. The van der Waals surface area contributed by atoms with Gasteiger partial charge in [-0.2, -0.15) is 5.26 Å². The normalized spacial score (nSPS) is 43.9. The molecule has 3 unspecified atom stereocenters. The maximum absolute atomic E-state index is 11.0. The highest BCUT2D eigenvalue weighted by Crippen LogP contribution is 2.45. The van der Waals surface area contributed by atoms with Crippen molar-refractivity contribution in [3.05, 3.63) is 0 Å². The Morgan fingerprint density at radius 3 is 2.70 bits per heavy atom. The summed E-state index contributed by atoms with van der Waals surface area (Å²) in [6.07, 6.45) is 2.53. The smallest absolute Gasteiger partial charge is 0.136 e. The van der Waals surface area contributed by atoms with E-state index in [-0.39, 0.29) is 11.8 Å². The molecule has 2 bridgehead atoms. The third-order valence-corrected chi connectivity index (χ3v) is 2.78. The van der Waals surface area contributed by atoms with E-state index < -0.39 is 0 Å². The van der Waals surface area contributed by atoms with Gasteiger partial charge in [0.2, 0.25) is 0 Å². The highest BCUT2D eigenvalue weighted by atomic mass is 16.1. The molecule has 2 rings (SSSR count). The van der Waals surface area contributed by atoms with E-state index in [0.29, 0.717) is 18.1 Å². The van der Waals surface area contributed by atoms with Crippen LogP contribution in [0.25, 0.3) is 0 Å². The first-order valence-electron chi connectivity index (χ1n) is 3.73. The SMILES string of the molecule is N#CC1CC2CC1CC2=O. The molecule has 0 aromatic carbocycles. The lowest BCUT2D eigenvalue weighted by atomic mass is 9.89. The monoisotopic (exact) mass is 135 g/mol. The fourth-order valence-electron chi connectivity index (χ4n) is 2.20. The summed E-state index contributed by atoms with van der Waals surface area (Å²) in [5, 5.41) is 8.61. The van der Waals surface area contributed by atoms with Crippen LogP contribution in [0.15, 0.2) is 0 Å². The summed E-state index contributed by atoms with van der Waals surface area (Å²) in [6.45, 7) is 0. The van der Waals surface area contributed by atoms with E-state index in [0.717, 1.165) is 12.8 Å². The Labute approximate surface area is 59.8 Å². The van der Waals surface area contributed by atoms with Crippen LogP contribution in [-0.4, -0.2) is 5.78 Å². The minimum atomic E-state index is 0.197. The maximum Gasteiger partial charge on any atom is 0.136 e. The fraction of sp³-hybridized carbons (Fsp3) is 0.750. The van der Waals surface area contributed by atoms with Crippen LogP contribution in [0.4, 0.5) is 0 Å². The van der Waals surface area contributed by atoms with Crippen LogP contribution >= 0.6 is 0 Å². The van der Waals surface area contributed by atoms with E-state index in [1.54, 1.807) is 0 Å². The molecule has 0 aliphatic heterocycles. The lowest BCUT2D eigenvalue weighted by Crippen LogP contribution is -2.15. The zero-order valence-electron chi connectivity index (χ0n) is 5.71. The molecule has 52 valence electrons. The Morgan fingerprint density at radius 2 is 2.30 bits per heavy atom. The molecule has 10 heavy (non-hydrogen) atoms. The molecular formula is C8H9NO. The van der Waals surface area contributed by atoms with Crippen molar-refractivity contribution in [1.29, 1.82) is 5.26 Å². The number of hydrogen-bond donors (Lipinski definition) is 0. The minimum Gasteiger partial charge on any atom is -0.299 e. The molecule has 0 spiro atoms. The molecule has 3 atom stereocenters. The van der Waals surface area contributed by atoms with Crippen molar-refractivity contribution >= 4 is 5.78 Å². The predicted octanol–water partition coefficient (Wildman–Crippen LogP) is 1.13. The predicted molar refractivity (Wildman–Crippen MR) is 34.9 cm³/mol. The van der Waals surface area contributed by atoms with Gasteiger partial charge in [-0.1, -0.05) is 0 Å². The average Bonchev–Trinajstić information content (AvgIpc) is 2.44. The van der Waals surface area contributed by atoms with Crippen molar-refractivity contribution in [2.24, 2.45) is 17.8 Å². The number of Topliss-reactive ketones (excluding diaryl/α,β-unsaturated/α-hetero) is 1. The molecule has 2 saturated carbocycles. The molecule has 0 amide bonds. The Kier molecular flexibility index (Phi) is 1.08. The fourth-order valence-corrected chi connectivity index (χ4v) is 2.20. The van der Waals surface area contributed by atoms with Crippen molar-refractivity contribution in [3.63, 3.8) is 0 Å². The van der Waals surface area contributed by atoms with E-state index in [1.165, 1.54) is 0 Å². The molecular weight excluding hydrogens is 126 g/mol. The number of carbonyl (C=O) groups excluding carboxylic acids is 1. The van der Waals surface area contributed by atoms with Gasteiger partial charge in [-0.15, -0.1) is 0 Å². The molecule has 2 nitrogen and oxygen atoms in total. The second kappa shape index (κ2) is 1.82. The van der Waals surface area contributed by atoms with Crippen molar-refractivity contribution in [3.8, 4) is 6.07 Å². The highest BCUT2D eigenvalue weighted by molar-refractivity contribution is 5.84. The van der Waals surface area contributed by atoms with Crippen LogP contribution in [0, 0.1) is 29.1 Å². The van der Waals surface area contributed by atoms with Crippen LogP contribution in [0.5, 0.6) is 0 Å². The van der Waals surface area contributed by atoms with Gasteiger partial charge in [-0.05, 0) is 18.8 Å². The van der Waals surface area contributed by atoms with Gasteiger partial charge in [0.1, 0.15) is 5.78 Å². The highest BCUT2D eigenvalue weighted by Gasteiger charge is 2.44. The van der Waals surface area contributed by atoms with E-state index in [9.17, 15) is 4.79 Å². The van der Waals surface area contributed by atoms with Gasteiger partial charge in [-0.25, -0.2) is 0 Å². The molecule has 0 N–H and O–H groups in total. The van der Waals surface area contributed by atoms with E-state index >= 15 is 0 Å². The Morgan fingerprint density at radius 1 is 1.50 bits per heavy atom. The summed E-state index contributed by atoms with van der Waals surface area (Å²) in [5.74, 6) is 1.27. The van der Waals surface area contributed by atoms with Gasteiger partial charge in [0, 0.05) is 12.3 Å². The van der Waals surface area contributed by atoms with Crippen molar-refractivity contribution in [2.45, 2.75) is 19.3 Å². The Balaban J connectivity index is 2.18. The first-order valence-corrected chi connectivity index (χ1v) is 3.73. The number of rotatable bonds is 0. The second-order valence-electron chi connectivity index (χ2n) is 3.33. The standard InChI is InChI=1S/C8H9NO/c9-4-7-2-6-1-5(7)3-8(6)10/h5-7H,1-3H2. The molecule has 0 aromatic rings. The topological polar surface area (TPSA) is 40.9 Å². The van der Waals surface area contributed by atoms with E-state index in [1.807, 2.05) is 0 Å². The molecule has 0 aromatic heterocycles. The van der Waals surface area contributed by atoms with Gasteiger partial charge in [-0.3, -0.25) is 4.79 Å². The second-order valence-corrected chi connectivity index (χ2v) is 3.33. The van der Waals surface area contributed by atoms with Gasteiger partial charge in [0.25, 0.3) is 0 Å². The zero-order valence-corrected chi connectivity index (χ0v) is 5.71. The first kappa shape index (κ1) is 5.91. The van der Waals surface area contributed by atoms with Crippen LogP contribution < -0.4 is 0 Å². The lowest BCUT2D eigenvalue weighted by molar-refractivity contribution is -0.122. The summed E-state index contributed by atoms with van der Waals surface area (Å²) < 4.78 is 0. The molecule has 0 radical (unpaired) electrons. The molecule has 0 heterocycles. The third kappa shape index (κ3) is 0.607. The van der Waals surface area contributed by atoms with E-state index in [4.69, 9.17) is 5.26 Å². The van der Waals surface area contributed by atoms with Gasteiger partial charge in [0.05, 0.1) is 12.0 Å². The summed E-state index contributed by atoms with van der Waals surface area (Å²) in [6, 6.07) is 2.26. The minimum absolute atomic E-state index is 0.197. The molecule has 0 saturated heterocycles. The van der Waals surface area contributed by atoms with Crippen molar-refractivity contribution in [1.82, 2.24) is 0 Å². The van der Waals surface area contributed by atoms with E-state index in [2.05, 4.69) is 6.07 Å². The molecule has 2 heteroatoms. The molecule has 2 aliphatic rings.